The fraction of sp³-hybridized carbons (Fsp3) is 0.778. The Morgan fingerprint density at radius 1 is 1.67 bits per heavy atom. The van der Waals surface area contributed by atoms with Gasteiger partial charge >= 0.3 is 0 Å². The van der Waals surface area contributed by atoms with E-state index in [-0.39, 0.29) is 11.9 Å². The largest absolute Gasteiger partial charge is 0.327 e. The minimum Gasteiger partial charge on any atom is -0.327 e. The summed E-state index contributed by atoms with van der Waals surface area (Å²) in [5.41, 5.74) is 0. The van der Waals surface area contributed by atoms with Crippen LogP contribution in [-0.4, -0.2) is 23.4 Å². The van der Waals surface area contributed by atoms with Gasteiger partial charge in [0.25, 0.3) is 0 Å². The Labute approximate surface area is 73.0 Å². The Balaban J connectivity index is 2.59. The van der Waals surface area contributed by atoms with Gasteiger partial charge in [0.1, 0.15) is 6.04 Å². The van der Waals surface area contributed by atoms with E-state index in [0.29, 0.717) is 6.42 Å². The van der Waals surface area contributed by atoms with Crippen LogP contribution in [0.1, 0.15) is 32.6 Å². The molecule has 1 saturated heterocycles. The van der Waals surface area contributed by atoms with Crippen molar-refractivity contribution >= 4 is 5.91 Å². The van der Waals surface area contributed by atoms with E-state index in [1.807, 2.05) is 6.92 Å². The topological polar surface area (TPSA) is 44.1 Å². The molecule has 0 bridgehead atoms. The first-order valence-electron chi connectivity index (χ1n) is 4.48. The summed E-state index contributed by atoms with van der Waals surface area (Å²) < 4.78 is 0. The van der Waals surface area contributed by atoms with E-state index in [1.54, 1.807) is 4.90 Å². The summed E-state index contributed by atoms with van der Waals surface area (Å²) >= 11 is 0. The highest BCUT2D eigenvalue weighted by molar-refractivity contribution is 5.77. The SMILES string of the molecule is CCC(C#N)N1CCCCC1=O. The lowest BCUT2D eigenvalue weighted by atomic mass is 10.1. The second-order valence-corrected chi connectivity index (χ2v) is 3.10. The van der Waals surface area contributed by atoms with Crippen molar-refractivity contribution in [2.24, 2.45) is 0 Å². The quantitative estimate of drug-likeness (QED) is 0.620. The summed E-state index contributed by atoms with van der Waals surface area (Å²) in [4.78, 5) is 13.0. The summed E-state index contributed by atoms with van der Waals surface area (Å²) in [7, 11) is 0. The van der Waals surface area contributed by atoms with Gasteiger partial charge in [-0.3, -0.25) is 4.79 Å². The van der Waals surface area contributed by atoms with Crippen molar-refractivity contribution in [2.45, 2.75) is 38.6 Å². The second kappa shape index (κ2) is 4.10. The average Bonchev–Trinajstić information content (AvgIpc) is 2.10. The van der Waals surface area contributed by atoms with Gasteiger partial charge in [-0.1, -0.05) is 6.92 Å². The van der Waals surface area contributed by atoms with E-state index in [2.05, 4.69) is 6.07 Å². The first kappa shape index (κ1) is 9.05. The zero-order valence-corrected chi connectivity index (χ0v) is 7.42. The standard InChI is InChI=1S/C9H14N2O/c1-2-8(7-10)11-6-4-3-5-9(11)12/h8H,2-6H2,1H3. The fourth-order valence-corrected chi connectivity index (χ4v) is 1.54. The summed E-state index contributed by atoms with van der Waals surface area (Å²) in [6.45, 7) is 2.71. The van der Waals surface area contributed by atoms with Crippen molar-refractivity contribution in [1.82, 2.24) is 4.90 Å². The maximum Gasteiger partial charge on any atom is 0.223 e. The molecule has 0 aromatic heterocycles. The van der Waals surface area contributed by atoms with Crippen molar-refractivity contribution in [1.29, 1.82) is 5.26 Å². The highest BCUT2D eigenvalue weighted by Crippen LogP contribution is 2.14. The van der Waals surface area contributed by atoms with E-state index in [0.717, 1.165) is 25.8 Å². The summed E-state index contributed by atoms with van der Waals surface area (Å²) in [5, 5.41) is 8.75. The highest BCUT2D eigenvalue weighted by atomic mass is 16.2. The van der Waals surface area contributed by atoms with Gasteiger partial charge in [-0.25, -0.2) is 0 Å². The molecule has 0 aromatic rings. The molecule has 1 heterocycles. The summed E-state index contributed by atoms with van der Waals surface area (Å²) in [6.07, 6.45) is 3.39. The molecule has 66 valence electrons. The van der Waals surface area contributed by atoms with Gasteiger partial charge in [-0.05, 0) is 19.3 Å². The van der Waals surface area contributed by atoms with Crippen molar-refractivity contribution in [2.75, 3.05) is 6.54 Å². The van der Waals surface area contributed by atoms with Gasteiger partial charge in [0.05, 0.1) is 6.07 Å². The molecule has 0 aliphatic carbocycles. The highest BCUT2D eigenvalue weighted by Gasteiger charge is 2.24. The van der Waals surface area contributed by atoms with Crippen LogP contribution in [-0.2, 0) is 4.79 Å². The summed E-state index contributed by atoms with van der Waals surface area (Å²) in [6, 6.07) is 1.96. The van der Waals surface area contributed by atoms with Gasteiger partial charge in [0.15, 0.2) is 0 Å². The monoisotopic (exact) mass is 166 g/mol. The van der Waals surface area contributed by atoms with Crippen molar-refractivity contribution in [3.05, 3.63) is 0 Å². The number of hydrogen-bond donors (Lipinski definition) is 0. The van der Waals surface area contributed by atoms with Gasteiger partial charge in [-0.15, -0.1) is 0 Å². The van der Waals surface area contributed by atoms with E-state index in [1.165, 1.54) is 0 Å². The molecule has 0 radical (unpaired) electrons. The number of nitrogens with zero attached hydrogens (tertiary/aromatic N) is 2. The first-order chi connectivity index (χ1) is 5.79. The third-order valence-corrected chi connectivity index (χ3v) is 2.27. The molecule has 1 aliphatic heterocycles. The maximum atomic E-state index is 11.3. The smallest absolute Gasteiger partial charge is 0.223 e. The molecule has 0 N–H and O–H groups in total. The van der Waals surface area contributed by atoms with E-state index in [4.69, 9.17) is 5.26 Å². The zero-order valence-electron chi connectivity index (χ0n) is 7.42. The third-order valence-electron chi connectivity index (χ3n) is 2.27. The molecule has 1 unspecified atom stereocenters. The van der Waals surface area contributed by atoms with E-state index < -0.39 is 0 Å². The first-order valence-corrected chi connectivity index (χ1v) is 4.48. The van der Waals surface area contributed by atoms with Gasteiger partial charge in [-0.2, -0.15) is 5.26 Å². The molecular weight excluding hydrogens is 152 g/mol. The molecule has 1 rings (SSSR count). The molecule has 1 atom stereocenters. The van der Waals surface area contributed by atoms with Crippen LogP contribution >= 0.6 is 0 Å². The Morgan fingerprint density at radius 2 is 2.42 bits per heavy atom. The van der Waals surface area contributed by atoms with E-state index in [9.17, 15) is 4.79 Å². The molecular formula is C9H14N2O. The lowest BCUT2D eigenvalue weighted by Gasteiger charge is -2.29. The Bertz CT molecular complexity index is 207. The van der Waals surface area contributed by atoms with Crippen molar-refractivity contribution < 1.29 is 4.79 Å². The van der Waals surface area contributed by atoms with Crippen LogP contribution in [0.25, 0.3) is 0 Å². The number of piperidine rings is 1. The van der Waals surface area contributed by atoms with E-state index >= 15 is 0 Å². The van der Waals surface area contributed by atoms with Crippen LogP contribution in [0, 0.1) is 11.3 Å². The molecule has 1 aliphatic rings. The molecule has 12 heavy (non-hydrogen) atoms. The number of carbonyl (C=O) groups is 1. The Hall–Kier alpha value is -1.04. The Kier molecular flexibility index (Phi) is 3.09. The number of likely N-dealkylation sites (tertiary alicyclic amines) is 1. The molecule has 1 fully saturated rings. The predicted octanol–water partition coefficient (Wildman–Crippen LogP) is 1.30. The van der Waals surface area contributed by atoms with Crippen molar-refractivity contribution in [3.63, 3.8) is 0 Å². The van der Waals surface area contributed by atoms with Crippen LogP contribution in [0.3, 0.4) is 0 Å². The van der Waals surface area contributed by atoms with Crippen LogP contribution in [0.4, 0.5) is 0 Å². The molecule has 3 heteroatoms. The predicted molar refractivity (Wildman–Crippen MR) is 45.3 cm³/mol. The minimum atomic E-state index is -0.196. The van der Waals surface area contributed by atoms with Gasteiger partial charge in [0.2, 0.25) is 5.91 Å². The number of rotatable bonds is 2. The lowest BCUT2D eigenvalue weighted by Crippen LogP contribution is -2.42. The maximum absolute atomic E-state index is 11.3. The van der Waals surface area contributed by atoms with Gasteiger partial charge < -0.3 is 4.90 Å². The fourth-order valence-electron chi connectivity index (χ4n) is 1.54. The zero-order chi connectivity index (χ0) is 8.97. The van der Waals surface area contributed by atoms with Crippen LogP contribution in [0.5, 0.6) is 0 Å². The lowest BCUT2D eigenvalue weighted by molar-refractivity contribution is -0.134. The van der Waals surface area contributed by atoms with Crippen molar-refractivity contribution in [3.8, 4) is 6.07 Å². The average molecular weight is 166 g/mol. The van der Waals surface area contributed by atoms with Crippen LogP contribution in [0.15, 0.2) is 0 Å². The number of nitriles is 1. The molecule has 3 nitrogen and oxygen atoms in total. The molecule has 1 amide bonds. The van der Waals surface area contributed by atoms with Crippen LogP contribution < -0.4 is 0 Å². The molecule has 0 aromatic carbocycles. The Morgan fingerprint density at radius 3 is 2.92 bits per heavy atom. The second-order valence-electron chi connectivity index (χ2n) is 3.10. The number of amides is 1. The molecule has 0 saturated carbocycles. The number of hydrogen-bond acceptors (Lipinski definition) is 2. The van der Waals surface area contributed by atoms with Crippen LogP contribution in [0.2, 0.25) is 0 Å². The summed E-state index contributed by atoms with van der Waals surface area (Å²) in [5.74, 6) is 0.148. The van der Waals surface area contributed by atoms with Gasteiger partial charge in [0, 0.05) is 13.0 Å². The third kappa shape index (κ3) is 1.76. The number of carbonyl (C=O) groups excluding carboxylic acids is 1. The minimum absolute atomic E-state index is 0.148. The normalized spacial score (nSPS) is 20.3. The molecule has 0 spiro atoms.